The molecule has 1 nitrogen and oxygen atoms in total. The van der Waals surface area contributed by atoms with E-state index >= 15 is 0 Å². The highest BCUT2D eigenvalue weighted by molar-refractivity contribution is 6.29. The third-order valence-electron chi connectivity index (χ3n) is 1.83. The van der Waals surface area contributed by atoms with Crippen molar-refractivity contribution in [2.75, 3.05) is 0 Å². The summed E-state index contributed by atoms with van der Waals surface area (Å²) in [5.41, 5.74) is 2.47. The molecule has 0 N–H and O–H groups in total. The standard InChI is InChI=1S/C10H12ClN/c1-3-8(4-2)9-5-6-12-10(11)7-9/h3,5-7H,4H2,1-2H3/b8-3+. The van der Waals surface area contributed by atoms with E-state index in [0.29, 0.717) is 5.15 Å². The molecule has 0 amide bonds. The van der Waals surface area contributed by atoms with Gasteiger partial charge in [0.25, 0.3) is 0 Å². The molecule has 1 heterocycles. The summed E-state index contributed by atoms with van der Waals surface area (Å²) in [6, 6.07) is 3.87. The molecule has 1 aromatic heterocycles. The maximum absolute atomic E-state index is 5.76. The fourth-order valence-corrected chi connectivity index (χ4v) is 1.35. The van der Waals surface area contributed by atoms with Gasteiger partial charge in [0, 0.05) is 6.20 Å². The van der Waals surface area contributed by atoms with Gasteiger partial charge in [-0.2, -0.15) is 0 Å². The first kappa shape index (κ1) is 9.27. The predicted octanol–water partition coefficient (Wildman–Crippen LogP) is 3.55. The Labute approximate surface area is 78.1 Å². The molecule has 0 aliphatic heterocycles. The summed E-state index contributed by atoms with van der Waals surface area (Å²) in [4.78, 5) is 3.93. The van der Waals surface area contributed by atoms with E-state index in [9.17, 15) is 0 Å². The Kier molecular flexibility index (Phi) is 3.30. The lowest BCUT2D eigenvalue weighted by Crippen LogP contribution is -1.83. The molecule has 0 unspecified atom stereocenters. The molecule has 0 saturated heterocycles. The van der Waals surface area contributed by atoms with E-state index < -0.39 is 0 Å². The second kappa shape index (κ2) is 4.27. The van der Waals surface area contributed by atoms with Crippen LogP contribution in [0.15, 0.2) is 24.4 Å². The number of halogens is 1. The zero-order valence-electron chi connectivity index (χ0n) is 7.34. The Morgan fingerprint density at radius 1 is 1.67 bits per heavy atom. The van der Waals surface area contributed by atoms with Gasteiger partial charge in [-0.3, -0.25) is 0 Å². The number of nitrogens with zero attached hydrogens (tertiary/aromatic N) is 1. The van der Waals surface area contributed by atoms with Gasteiger partial charge in [0.2, 0.25) is 0 Å². The second-order valence-electron chi connectivity index (χ2n) is 2.53. The highest BCUT2D eigenvalue weighted by Gasteiger charge is 1.98. The van der Waals surface area contributed by atoms with Gasteiger partial charge < -0.3 is 0 Å². The molecular weight excluding hydrogens is 170 g/mol. The third-order valence-corrected chi connectivity index (χ3v) is 2.03. The van der Waals surface area contributed by atoms with Gasteiger partial charge in [-0.1, -0.05) is 24.6 Å². The maximum atomic E-state index is 5.76. The van der Waals surface area contributed by atoms with E-state index in [2.05, 4.69) is 18.0 Å². The quantitative estimate of drug-likeness (QED) is 0.636. The number of aromatic nitrogens is 1. The predicted molar refractivity (Wildman–Crippen MR) is 53.2 cm³/mol. The molecule has 0 radical (unpaired) electrons. The Bertz CT molecular complexity index is 292. The molecule has 64 valence electrons. The molecule has 2 heteroatoms. The van der Waals surface area contributed by atoms with Crippen LogP contribution in [0, 0.1) is 0 Å². The fourth-order valence-electron chi connectivity index (χ4n) is 1.18. The van der Waals surface area contributed by atoms with Crippen LogP contribution in [-0.4, -0.2) is 4.98 Å². The fraction of sp³-hybridized carbons (Fsp3) is 0.300. The van der Waals surface area contributed by atoms with Crippen molar-refractivity contribution in [1.82, 2.24) is 4.98 Å². The average Bonchev–Trinajstić information content (AvgIpc) is 2.07. The number of allylic oxidation sites excluding steroid dienone is 2. The average molecular weight is 182 g/mol. The highest BCUT2D eigenvalue weighted by atomic mass is 35.5. The lowest BCUT2D eigenvalue weighted by atomic mass is 10.1. The van der Waals surface area contributed by atoms with Crippen molar-refractivity contribution >= 4 is 17.2 Å². The van der Waals surface area contributed by atoms with Crippen molar-refractivity contribution in [3.63, 3.8) is 0 Å². The second-order valence-corrected chi connectivity index (χ2v) is 2.92. The lowest BCUT2D eigenvalue weighted by molar-refractivity contribution is 1.22. The molecule has 0 saturated carbocycles. The Balaban J connectivity index is 3.02. The van der Waals surface area contributed by atoms with Crippen molar-refractivity contribution in [2.45, 2.75) is 20.3 Å². The minimum Gasteiger partial charge on any atom is -0.245 e. The van der Waals surface area contributed by atoms with Crippen LogP contribution in [0.25, 0.3) is 5.57 Å². The number of hydrogen-bond donors (Lipinski definition) is 0. The number of rotatable bonds is 2. The lowest BCUT2D eigenvalue weighted by Gasteiger charge is -2.02. The van der Waals surface area contributed by atoms with Crippen LogP contribution in [0.4, 0.5) is 0 Å². The van der Waals surface area contributed by atoms with Crippen LogP contribution in [-0.2, 0) is 0 Å². The SMILES string of the molecule is C/C=C(\CC)c1ccnc(Cl)c1. The number of hydrogen-bond acceptors (Lipinski definition) is 1. The molecule has 0 atom stereocenters. The van der Waals surface area contributed by atoms with Crippen LogP contribution in [0.2, 0.25) is 5.15 Å². The molecule has 0 aliphatic rings. The van der Waals surface area contributed by atoms with Crippen LogP contribution >= 0.6 is 11.6 Å². The Hall–Kier alpha value is -0.820. The van der Waals surface area contributed by atoms with Crippen molar-refractivity contribution in [1.29, 1.82) is 0 Å². The monoisotopic (exact) mass is 181 g/mol. The molecule has 0 fully saturated rings. The van der Waals surface area contributed by atoms with Crippen molar-refractivity contribution in [2.24, 2.45) is 0 Å². The minimum atomic E-state index is 0.556. The third kappa shape index (κ3) is 2.08. The molecule has 0 aliphatic carbocycles. The van der Waals surface area contributed by atoms with E-state index in [0.717, 1.165) is 6.42 Å². The van der Waals surface area contributed by atoms with Crippen LogP contribution in [0.3, 0.4) is 0 Å². The van der Waals surface area contributed by atoms with Crippen molar-refractivity contribution in [3.05, 3.63) is 35.1 Å². The van der Waals surface area contributed by atoms with E-state index in [-0.39, 0.29) is 0 Å². The molecule has 0 bridgehead atoms. The van der Waals surface area contributed by atoms with Crippen LogP contribution in [0.5, 0.6) is 0 Å². The van der Waals surface area contributed by atoms with Gasteiger partial charge in [0.1, 0.15) is 5.15 Å². The summed E-state index contributed by atoms with van der Waals surface area (Å²) in [6.45, 7) is 4.16. The first-order chi connectivity index (χ1) is 5.77. The summed E-state index contributed by atoms with van der Waals surface area (Å²) < 4.78 is 0. The van der Waals surface area contributed by atoms with Crippen LogP contribution in [0.1, 0.15) is 25.8 Å². The molecule has 0 aromatic carbocycles. The maximum Gasteiger partial charge on any atom is 0.129 e. The van der Waals surface area contributed by atoms with E-state index in [1.165, 1.54) is 11.1 Å². The summed E-state index contributed by atoms with van der Waals surface area (Å²) in [5.74, 6) is 0. The normalized spacial score (nSPS) is 11.8. The molecule has 0 spiro atoms. The van der Waals surface area contributed by atoms with E-state index in [4.69, 9.17) is 11.6 Å². The Morgan fingerprint density at radius 3 is 2.92 bits per heavy atom. The smallest absolute Gasteiger partial charge is 0.129 e. The Morgan fingerprint density at radius 2 is 2.42 bits per heavy atom. The van der Waals surface area contributed by atoms with E-state index in [1.807, 2.05) is 19.1 Å². The summed E-state index contributed by atoms with van der Waals surface area (Å²) >= 11 is 5.76. The summed E-state index contributed by atoms with van der Waals surface area (Å²) in [5, 5.41) is 0.556. The van der Waals surface area contributed by atoms with Crippen LogP contribution < -0.4 is 0 Å². The zero-order valence-corrected chi connectivity index (χ0v) is 8.10. The van der Waals surface area contributed by atoms with E-state index in [1.54, 1.807) is 6.20 Å². The molecule has 12 heavy (non-hydrogen) atoms. The molecular formula is C10H12ClN. The van der Waals surface area contributed by atoms with Gasteiger partial charge in [-0.15, -0.1) is 0 Å². The summed E-state index contributed by atoms with van der Waals surface area (Å²) in [6.07, 6.45) is 4.86. The number of pyridine rings is 1. The van der Waals surface area contributed by atoms with Gasteiger partial charge >= 0.3 is 0 Å². The first-order valence-corrected chi connectivity index (χ1v) is 4.42. The van der Waals surface area contributed by atoms with Gasteiger partial charge in [0.05, 0.1) is 0 Å². The summed E-state index contributed by atoms with van der Waals surface area (Å²) in [7, 11) is 0. The van der Waals surface area contributed by atoms with Gasteiger partial charge in [0.15, 0.2) is 0 Å². The highest BCUT2D eigenvalue weighted by Crippen LogP contribution is 2.19. The van der Waals surface area contributed by atoms with Gasteiger partial charge in [-0.05, 0) is 36.6 Å². The topological polar surface area (TPSA) is 12.9 Å². The molecule has 1 rings (SSSR count). The largest absolute Gasteiger partial charge is 0.245 e. The first-order valence-electron chi connectivity index (χ1n) is 4.05. The van der Waals surface area contributed by atoms with Crippen molar-refractivity contribution < 1.29 is 0 Å². The molecule has 1 aromatic rings. The van der Waals surface area contributed by atoms with Gasteiger partial charge in [-0.25, -0.2) is 4.98 Å². The zero-order chi connectivity index (χ0) is 8.97. The van der Waals surface area contributed by atoms with Crippen molar-refractivity contribution in [3.8, 4) is 0 Å². The minimum absolute atomic E-state index is 0.556.